The SMILES string of the molecule is CC(C)(O)c1ccc(F)c(S(C)(=O)=O)c1F. The topological polar surface area (TPSA) is 54.4 Å². The molecule has 0 atom stereocenters. The number of halogens is 2. The Kier molecular flexibility index (Phi) is 3.08. The van der Waals surface area contributed by atoms with Gasteiger partial charge in [0.15, 0.2) is 15.7 Å². The number of rotatable bonds is 2. The summed E-state index contributed by atoms with van der Waals surface area (Å²) in [6.07, 6.45) is 0.711. The second-order valence-corrected chi connectivity index (χ2v) is 6.02. The first kappa shape index (κ1) is 13.1. The van der Waals surface area contributed by atoms with Crippen molar-refractivity contribution in [3.8, 4) is 0 Å². The largest absolute Gasteiger partial charge is 0.386 e. The molecule has 6 heteroatoms. The zero-order valence-electron chi connectivity index (χ0n) is 9.08. The lowest BCUT2D eigenvalue weighted by molar-refractivity contribution is 0.0738. The fourth-order valence-electron chi connectivity index (χ4n) is 1.34. The van der Waals surface area contributed by atoms with Gasteiger partial charge in [0.1, 0.15) is 10.7 Å². The van der Waals surface area contributed by atoms with Crippen LogP contribution in [-0.2, 0) is 15.4 Å². The van der Waals surface area contributed by atoms with Crippen LogP contribution < -0.4 is 0 Å². The van der Waals surface area contributed by atoms with Gasteiger partial charge in [0.25, 0.3) is 0 Å². The Labute approximate surface area is 92.6 Å². The van der Waals surface area contributed by atoms with E-state index in [1.807, 2.05) is 0 Å². The molecular formula is C10H12F2O3S. The lowest BCUT2D eigenvalue weighted by Gasteiger charge is -2.19. The Balaban J connectivity index is 3.65. The smallest absolute Gasteiger partial charge is 0.181 e. The van der Waals surface area contributed by atoms with Crippen LogP contribution in [0.2, 0.25) is 0 Å². The highest BCUT2D eigenvalue weighted by molar-refractivity contribution is 7.90. The molecule has 0 aromatic heterocycles. The second kappa shape index (κ2) is 3.78. The van der Waals surface area contributed by atoms with Crippen LogP contribution in [0.25, 0.3) is 0 Å². The van der Waals surface area contributed by atoms with E-state index in [9.17, 15) is 22.3 Å². The van der Waals surface area contributed by atoms with Crippen LogP contribution in [0.5, 0.6) is 0 Å². The summed E-state index contributed by atoms with van der Waals surface area (Å²) in [5, 5.41) is 9.59. The van der Waals surface area contributed by atoms with Crippen LogP contribution in [-0.4, -0.2) is 19.8 Å². The van der Waals surface area contributed by atoms with Gasteiger partial charge in [-0.25, -0.2) is 17.2 Å². The third-order valence-electron chi connectivity index (χ3n) is 2.08. The van der Waals surface area contributed by atoms with E-state index in [2.05, 4.69) is 0 Å². The minimum absolute atomic E-state index is 0.255. The first-order chi connectivity index (χ1) is 7.05. The van der Waals surface area contributed by atoms with Gasteiger partial charge in [-0.05, 0) is 19.9 Å². The lowest BCUT2D eigenvalue weighted by atomic mass is 9.98. The number of aliphatic hydroxyl groups is 1. The Bertz CT molecular complexity index is 516. The fourth-order valence-corrected chi connectivity index (χ4v) is 2.20. The Morgan fingerprint density at radius 1 is 1.25 bits per heavy atom. The van der Waals surface area contributed by atoms with Crippen LogP contribution in [0.3, 0.4) is 0 Å². The van der Waals surface area contributed by atoms with Gasteiger partial charge >= 0.3 is 0 Å². The Hall–Kier alpha value is -1.01. The van der Waals surface area contributed by atoms with Gasteiger partial charge < -0.3 is 5.11 Å². The summed E-state index contributed by atoms with van der Waals surface area (Å²) in [7, 11) is -4.01. The molecule has 0 amide bonds. The van der Waals surface area contributed by atoms with E-state index in [1.54, 1.807) is 0 Å². The predicted molar refractivity (Wildman–Crippen MR) is 54.7 cm³/mol. The van der Waals surface area contributed by atoms with Crippen LogP contribution >= 0.6 is 0 Å². The maximum Gasteiger partial charge on any atom is 0.181 e. The molecule has 0 spiro atoms. The summed E-state index contributed by atoms with van der Waals surface area (Å²) in [4.78, 5) is -1.01. The zero-order valence-corrected chi connectivity index (χ0v) is 9.90. The van der Waals surface area contributed by atoms with Crippen molar-refractivity contribution in [1.29, 1.82) is 0 Å². The van der Waals surface area contributed by atoms with Crippen LogP contribution in [0.1, 0.15) is 19.4 Å². The molecule has 16 heavy (non-hydrogen) atoms. The molecule has 1 aromatic carbocycles. The van der Waals surface area contributed by atoms with Gasteiger partial charge in [0.2, 0.25) is 0 Å². The van der Waals surface area contributed by atoms with E-state index in [4.69, 9.17) is 0 Å². The van der Waals surface area contributed by atoms with E-state index in [0.717, 1.165) is 12.1 Å². The van der Waals surface area contributed by atoms with Crippen molar-refractivity contribution in [2.75, 3.05) is 6.26 Å². The monoisotopic (exact) mass is 250 g/mol. The zero-order chi connectivity index (χ0) is 12.7. The highest BCUT2D eigenvalue weighted by Gasteiger charge is 2.28. The summed E-state index contributed by atoms with van der Waals surface area (Å²) in [5.74, 6) is -2.40. The van der Waals surface area contributed by atoms with Crippen molar-refractivity contribution < 1.29 is 22.3 Å². The Morgan fingerprint density at radius 2 is 1.75 bits per heavy atom. The molecule has 90 valence electrons. The molecule has 0 fully saturated rings. The first-order valence-corrected chi connectivity index (χ1v) is 6.35. The van der Waals surface area contributed by atoms with Crippen LogP contribution in [0.15, 0.2) is 17.0 Å². The molecule has 0 saturated carbocycles. The summed E-state index contributed by atoms with van der Waals surface area (Å²) >= 11 is 0. The molecular weight excluding hydrogens is 238 g/mol. The van der Waals surface area contributed by atoms with E-state index < -0.39 is 32.0 Å². The van der Waals surface area contributed by atoms with Crippen molar-refractivity contribution in [2.45, 2.75) is 24.3 Å². The molecule has 0 heterocycles. The maximum atomic E-state index is 13.7. The van der Waals surface area contributed by atoms with Crippen molar-refractivity contribution in [2.24, 2.45) is 0 Å². The summed E-state index contributed by atoms with van der Waals surface area (Å²) < 4.78 is 49.3. The van der Waals surface area contributed by atoms with E-state index in [0.29, 0.717) is 6.26 Å². The average Bonchev–Trinajstić information content (AvgIpc) is 1.97. The van der Waals surface area contributed by atoms with E-state index >= 15 is 0 Å². The molecule has 3 nitrogen and oxygen atoms in total. The molecule has 0 saturated heterocycles. The quantitative estimate of drug-likeness (QED) is 0.867. The molecule has 0 aliphatic rings. The molecule has 1 rings (SSSR count). The second-order valence-electron chi connectivity index (χ2n) is 4.07. The maximum absolute atomic E-state index is 13.7. The molecule has 0 radical (unpaired) electrons. The first-order valence-electron chi connectivity index (χ1n) is 4.46. The van der Waals surface area contributed by atoms with Crippen molar-refractivity contribution >= 4 is 9.84 Å². The van der Waals surface area contributed by atoms with E-state index in [-0.39, 0.29) is 5.56 Å². The van der Waals surface area contributed by atoms with Gasteiger partial charge in [-0.1, -0.05) is 6.07 Å². The summed E-state index contributed by atoms with van der Waals surface area (Å²) in [6, 6.07) is 1.85. The van der Waals surface area contributed by atoms with Gasteiger partial charge in [-0.2, -0.15) is 0 Å². The normalized spacial score (nSPS) is 12.9. The molecule has 0 aliphatic heterocycles. The van der Waals surface area contributed by atoms with Gasteiger partial charge in [0.05, 0.1) is 5.60 Å². The highest BCUT2D eigenvalue weighted by Crippen LogP contribution is 2.28. The summed E-state index contributed by atoms with van der Waals surface area (Å²) in [5.41, 5.74) is -1.83. The number of hydrogen-bond acceptors (Lipinski definition) is 3. The van der Waals surface area contributed by atoms with E-state index in [1.165, 1.54) is 13.8 Å². The summed E-state index contributed by atoms with van der Waals surface area (Å²) in [6.45, 7) is 2.57. The molecule has 0 bridgehead atoms. The standard InChI is InChI=1S/C10H12F2O3S/c1-10(2,13)6-4-5-7(11)9(8(6)12)16(3,14)15/h4-5,13H,1-3H3. The van der Waals surface area contributed by atoms with Crippen molar-refractivity contribution in [3.63, 3.8) is 0 Å². The van der Waals surface area contributed by atoms with Crippen LogP contribution in [0, 0.1) is 11.6 Å². The molecule has 0 aliphatic carbocycles. The van der Waals surface area contributed by atoms with Crippen LogP contribution in [0.4, 0.5) is 8.78 Å². The van der Waals surface area contributed by atoms with Gasteiger partial charge in [-0.15, -0.1) is 0 Å². The predicted octanol–water partition coefficient (Wildman–Crippen LogP) is 1.60. The molecule has 0 unspecified atom stereocenters. The third-order valence-corrected chi connectivity index (χ3v) is 3.19. The number of sulfone groups is 1. The lowest BCUT2D eigenvalue weighted by Crippen LogP contribution is -2.20. The van der Waals surface area contributed by atoms with Gasteiger partial charge in [-0.3, -0.25) is 0 Å². The number of hydrogen-bond donors (Lipinski definition) is 1. The van der Waals surface area contributed by atoms with Gasteiger partial charge in [0, 0.05) is 11.8 Å². The number of benzene rings is 1. The average molecular weight is 250 g/mol. The van der Waals surface area contributed by atoms with Crippen molar-refractivity contribution in [3.05, 3.63) is 29.3 Å². The van der Waals surface area contributed by atoms with Crippen molar-refractivity contribution in [1.82, 2.24) is 0 Å². The fraction of sp³-hybridized carbons (Fsp3) is 0.400. The minimum Gasteiger partial charge on any atom is -0.386 e. The Morgan fingerprint density at radius 3 is 2.12 bits per heavy atom. The molecule has 1 N–H and O–H groups in total. The third kappa shape index (κ3) is 2.38. The molecule has 1 aromatic rings. The minimum atomic E-state index is -4.01. The highest BCUT2D eigenvalue weighted by atomic mass is 32.2.